The molecule has 0 fully saturated rings. The van der Waals surface area contributed by atoms with Gasteiger partial charge in [0.2, 0.25) is 0 Å². The van der Waals surface area contributed by atoms with Gasteiger partial charge in [-0.1, -0.05) is 11.6 Å². The van der Waals surface area contributed by atoms with Gasteiger partial charge in [0.15, 0.2) is 6.29 Å². The van der Waals surface area contributed by atoms with Gasteiger partial charge in [0, 0.05) is 5.56 Å². The molecule has 0 atom stereocenters. The van der Waals surface area contributed by atoms with E-state index in [2.05, 4.69) is 9.97 Å². The van der Waals surface area contributed by atoms with Crippen LogP contribution in [0, 0.1) is 0 Å². The maximum atomic E-state index is 10.7. The standard InChI is InChI=1S/C13H11ClN2O2/c1-2-18-13-4-3-9(5-11(13)14)12-6-10(7-17)15-8-16-12/h3-8H,2H2,1H3. The number of rotatable bonds is 4. The van der Waals surface area contributed by atoms with Crippen molar-refractivity contribution in [1.29, 1.82) is 0 Å². The van der Waals surface area contributed by atoms with Crippen LogP contribution in [0.25, 0.3) is 11.3 Å². The van der Waals surface area contributed by atoms with Gasteiger partial charge in [-0.15, -0.1) is 0 Å². The van der Waals surface area contributed by atoms with Gasteiger partial charge >= 0.3 is 0 Å². The Morgan fingerprint density at radius 2 is 2.17 bits per heavy atom. The molecule has 2 rings (SSSR count). The van der Waals surface area contributed by atoms with Crippen LogP contribution in [0.4, 0.5) is 0 Å². The molecule has 2 aromatic rings. The minimum absolute atomic E-state index is 0.338. The molecule has 0 aliphatic rings. The summed E-state index contributed by atoms with van der Waals surface area (Å²) in [5, 5.41) is 0.514. The zero-order valence-electron chi connectivity index (χ0n) is 9.76. The third kappa shape index (κ3) is 2.65. The van der Waals surface area contributed by atoms with Gasteiger partial charge in [-0.05, 0) is 31.2 Å². The number of ether oxygens (including phenoxy) is 1. The first kappa shape index (κ1) is 12.5. The Kier molecular flexibility index (Phi) is 3.89. The number of aldehydes is 1. The van der Waals surface area contributed by atoms with E-state index in [0.717, 1.165) is 5.56 Å². The third-order valence-corrected chi connectivity index (χ3v) is 2.63. The zero-order valence-corrected chi connectivity index (χ0v) is 10.5. The minimum atomic E-state index is 0.338. The minimum Gasteiger partial charge on any atom is -0.492 e. The number of halogens is 1. The maximum Gasteiger partial charge on any atom is 0.168 e. The van der Waals surface area contributed by atoms with Crippen LogP contribution in [0.1, 0.15) is 17.4 Å². The number of nitrogens with zero attached hydrogens (tertiary/aromatic N) is 2. The lowest BCUT2D eigenvalue weighted by Crippen LogP contribution is -1.94. The molecular formula is C13H11ClN2O2. The molecule has 0 bridgehead atoms. The molecule has 0 amide bonds. The zero-order chi connectivity index (χ0) is 13.0. The number of carbonyl (C=O) groups is 1. The van der Waals surface area contributed by atoms with E-state index in [1.165, 1.54) is 6.33 Å². The van der Waals surface area contributed by atoms with Crippen molar-refractivity contribution in [2.45, 2.75) is 6.92 Å². The second kappa shape index (κ2) is 5.60. The van der Waals surface area contributed by atoms with E-state index in [1.807, 2.05) is 13.0 Å². The fourth-order valence-corrected chi connectivity index (χ4v) is 1.76. The highest BCUT2D eigenvalue weighted by atomic mass is 35.5. The van der Waals surface area contributed by atoms with E-state index in [-0.39, 0.29) is 0 Å². The molecule has 18 heavy (non-hydrogen) atoms. The summed E-state index contributed by atoms with van der Waals surface area (Å²) in [7, 11) is 0. The van der Waals surface area contributed by atoms with Gasteiger partial charge in [0.05, 0.1) is 17.3 Å². The van der Waals surface area contributed by atoms with Crippen LogP contribution in [0.3, 0.4) is 0 Å². The number of aromatic nitrogens is 2. The van der Waals surface area contributed by atoms with Crippen molar-refractivity contribution >= 4 is 17.9 Å². The van der Waals surface area contributed by atoms with Crippen molar-refractivity contribution in [1.82, 2.24) is 9.97 Å². The van der Waals surface area contributed by atoms with E-state index in [1.54, 1.807) is 18.2 Å². The topological polar surface area (TPSA) is 52.1 Å². The summed E-state index contributed by atoms with van der Waals surface area (Å²) < 4.78 is 5.35. The predicted octanol–water partition coefficient (Wildman–Crippen LogP) is 3.01. The third-order valence-electron chi connectivity index (χ3n) is 2.34. The highest BCUT2D eigenvalue weighted by Crippen LogP contribution is 2.29. The summed E-state index contributed by atoms with van der Waals surface area (Å²) in [6.45, 7) is 2.45. The van der Waals surface area contributed by atoms with Crippen molar-refractivity contribution < 1.29 is 9.53 Å². The quantitative estimate of drug-likeness (QED) is 0.795. The Balaban J connectivity index is 2.38. The van der Waals surface area contributed by atoms with Crippen LogP contribution in [0.2, 0.25) is 5.02 Å². The van der Waals surface area contributed by atoms with Crippen molar-refractivity contribution in [2.24, 2.45) is 0 Å². The fraction of sp³-hybridized carbons (Fsp3) is 0.154. The lowest BCUT2D eigenvalue weighted by atomic mass is 10.1. The highest BCUT2D eigenvalue weighted by molar-refractivity contribution is 6.32. The van der Waals surface area contributed by atoms with E-state index in [4.69, 9.17) is 16.3 Å². The lowest BCUT2D eigenvalue weighted by Gasteiger charge is -2.07. The smallest absolute Gasteiger partial charge is 0.168 e. The second-order valence-electron chi connectivity index (χ2n) is 3.52. The molecule has 0 N–H and O–H groups in total. The van der Waals surface area contributed by atoms with Crippen LogP contribution < -0.4 is 4.74 Å². The lowest BCUT2D eigenvalue weighted by molar-refractivity contribution is 0.111. The first-order valence-corrected chi connectivity index (χ1v) is 5.82. The molecule has 0 aliphatic heterocycles. The second-order valence-corrected chi connectivity index (χ2v) is 3.93. The Labute approximate surface area is 110 Å². The van der Waals surface area contributed by atoms with Crippen LogP contribution in [0.5, 0.6) is 5.75 Å². The van der Waals surface area contributed by atoms with Crippen molar-refractivity contribution in [2.75, 3.05) is 6.61 Å². The summed E-state index contributed by atoms with van der Waals surface area (Å²) in [6, 6.07) is 6.99. The average molecular weight is 263 g/mol. The largest absolute Gasteiger partial charge is 0.492 e. The van der Waals surface area contributed by atoms with Gasteiger partial charge in [0.1, 0.15) is 17.8 Å². The molecule has 0 saturated carbocycles. The van der Waals surface area contributed by atoms with Crippen LogP contribution in [0.15, 0.2) is 30.6 Å². The summed E-state index contributed by atoms with van der Waals surface area (Å²) in [4.78, 5) is 18.6. The summed E-state index contributed by atoms with van der Waals surface area (Å²) in [5.74, 6) is 0.632. The molecular weight excluding hydrogens is 252 g/mol. The first-order chi connectivity index (χ1) is 8.74. The Bertz CT molecular complexity index is 573. The van der Waals surface area contributed by atoms with E-state index in [9.17, 15) is 4.79 Å². The van der Waals surface area contributed by atoms with Gasteiger partial charge in [-0.2, -0.15) is 0 Å². The number of carbonyl (C=O) groups excluding carboxylic acids is 1. The normalized spacial score (nSPS) is 10.1. The van der Waals surface area contributed by atoms with Crippen LogP contribution in [-0.4, -0.2) is 22.9 Å². The molecule has 0 unspecified atom stereocenters. The molecule has 0 aliphatic carbocycles. The molecule has 92 valence electrons. The van der Waals surface area contributed by atoms with Crippen molar-refractivity contribution in [3.05, 3.63) is 41.3 Å². The van der Waals surface area contributed by atoms with E-state index >= 15 is 0 Å². The van der Waals surface area contributed by atoms with Gasteiger partial charge in [0.25, 0.3) is 0 Å². The van der Waals surface area contributed by atoms with Gasteiger partial charge < -0.3 is 4.74 Å². The van der Waals surface area contributed by atoms with Gasteiger partial charge in [-0.25, -0.2) is 9.97 Å². The molecule has 1 aromatic heterocycles. The average Bonchev–Trinajstić information content (AvgIpc) is 2.41. The highest BCUT2D eigenvalue weighted by Gasteiger charge is 2.06. The van der Waals surface area contributed by atoms with E-state index in [0.29, 0.717) is 35.1 Å². The summed E-state index contributed by atoms with van der Waals surface area (Å²) in [5.41, 5.74) is 1.80. The Morgan fingerprint density at radius 3 is 2.83 bits per heavy atom. The first-order valence-electron chi connectivity index (χ1n) is 5.44. The molecule has 1 heterocycles. The molecule has 0 saturated heterocycles. The fourth-order valence-electron chi connectivity index (χ4n) is 1.53. The SMILES string of the molecule is CCOc1ccc(-c2cc(C=O)ncn2)cc1Cl. The molecule has 0 spiro atoms. The molecule has 1 aromatic carbocycles. The van der Waals surface area contributed by atoms with Gasteiger partial charge in [-0.3, -0.25) is 4.79 Å². The molecule has 4 nitrogen and oxygen atoms in total. The van der Waals surface area contributed by atoms with Crippen molar-refractivity contribution in [3.63, 3.8) is 0 Å². The monoisotopic (exact) mass is 262 g/mol. The summed E-state index contributed by atoms with van der Waals surface area (Å²) in [6.07, 6.45) is 2.03. The van der Waals surface area contributed by atoms with Crippen LogP contribution >= 0.6 is 11.6 Å². The maximum absolute atomic E-state index is 10.7. The van der Waals surface area contributed by atoms with Crippen LogP contribution in [-0.2, 0) is 0 Å². The summed E-state index contributed by atoms with van der Waals surface area (Å²) >= 11 is 6.09. The predicted molar refractivity (Wildman–Crippen MR) is 69.0 cm³/mol. The number of hydrogen-bond acceptors (Lipinski definition) is 4. The molecule has 0 radical (unpaired) electrons. The van der Waals surface area contributed by atoms with Crippen molar-refractivity contribution in [3.8, 4) is 17.0 Å². The number of benzene rings is 1. The van der Waals surface area contributed by atoms with E-state index < -0.39 is 0 Å². The Morgan fingerprint density at radius 1 is 1.33 bits per heavy atom. The molecule has 5 heteroatoms. The Hall–Kier alpha value is -1.94. The number of hydrogen-bond donors (Lipinski definition) is 0.